The van der Waals surface area contributed by atoms with Crippen LogP contribution in [0.15, 0.2) is 38.1 Å². The van der Waals surface area contributed by atoms with Gasteiger partial charge in [-0.1, -0.05) is 32.7 Å². The fourth-order valence-electron chi connectivity index (χ4n) is 3.43. The molecule has 1 aliphatic carbocycles. The van der Waals surface area contributed by atoms with Crippen LogP contribution in [0.5, 0.6) is 0 Å². The molecule has 11 heteroatoms. The van der Waals surface area contributed by atoms with E-state index < -0.39 is 26.8 Å². The quantitative estimate of drug-likeness (QED) is 0.422. The number of hydrogen-bond acceptors (Lipinski definition) is 5. The maximum atomic E-state index is 15.5. The molecule has 0 N–H and O–H groups in total. The minimum absolute atomic E-state index is 0.0721. The molecule has 0 bridgehead atoms. The molecule has 1 fully saturated rings. The summed E-state index contributed by atoms with van der Waals surface area (Å²) in [6.45, 7) is 1.61. The van der Waals surface area contributed by atoms with Gasteiger partial charge in [-0.25, -0.2) is 17.6 Å². The first-order chi connectivity index (χ1) is 13.7. The van der Waals surface area contributed by atoms with Crippen molar-refractivity contribution in [2.24, 2.45) is 0 Å². The first-order valence-corrected chi connectivity index (χ1v) is 11.3. The van der Waals surface area contributed by atoms with E-state index in [1.165, 1.54) is 18.2 Å². The molecule has 2 aromatic heterocycles. The van der Waals surface area contributed by atoms with Crippen LogP contribution in [0.25, 0.3) is 27.7 Å². The van der Waals surface area contributed by atoms with Crippen molar-refractivity contribution in [2.75, 3.05) is 0 Å². The molecule has 1 saturated carbocycles. The van der Waals surface area contributed by atoms with Crippen molar-refractivity contribution in [1.82, 2.24) is 13.7 Å². The number of rotatable bonds is 3. The Morgan fingerprint density at radius 1 is 1.31 bits per heavy atom. The Morgan fingerprint density at radius 2 is 2.03 bits per heavy atom. The van der Waals surface area contributed by atoms with Gasteiger partial charge in [0.15, 0.2) is 5.82 Å². The predicted octanol–water partition coefficient (Wildman–Crippen LogP) is 4.14. The van der Waals surface area contributed by atoms with Gasteiger partial charge in [-0.3, -0.25) is 4.57 Å². The summed E-state index contributed by atoms with van der Waals surface area (Å²) in [5.41, 5.74) is -0.822. The largest absolute Gasteiger partial charge is 0.353 e. The van der Waals surface area contributed by atoms with E-state index in [0.717, 1.165) is 4.57 Å². The molecule has 0 spiro atoms. The summed E-state index contributed by atoms with van der Waals surface area (Å²) in [5.74, 6) is -0.876. The number of fused-ring (bicyclic) bond motifs is 2. The molecular weight excluding hydrogens is 489 g/mol. The highest BCUT2D eigenvalue weighted by molar-refractivity contribution is 9.10. The fourth-order valence-corrected chi connectivity index (χ4v) is 5.93. The van der Waals surface area contributed by atoms with Crippen molar-refractivity contribution >= 4 is 59.6 Å². The monoisotopic (exact) mass is 499 g/mol. The Labute approximate surface area is 176 Å². The van der Waals surface area contributed by atoms with Gasteiger partial charge in [0, 0.05) is 9.86 Å². The van der Waals surface area contributed by atoms with Crippen LogP contribution >= 0.6 is 27.5 Å². The van der Waals surface area contributed by atoms with E-state index in [0.29, 0.717) is 32.4 Å². The molecule has 0 aliphatic heterocycles. The van der Waals surface area contributed by atoms with Crippen molar-refractivity contribution in [3.05, 3.63) is 55.8 Å². The zero-order valence-electron chi connectivity index (χ0n) is 14.8. The Morgan fingerprint density at radius 3 is 2.69 bits per heavy atom. The lowest BCUT2D eigenvalue weighted by Crippen LogP contribution is -2.31. The lowest BCUT2D eigenvalue weighted by molar-refractivity contribution is 0.436. The van der Waals surface area contributed by atoms with Crippen molar-refractivity contribution in [2.45, 2.75) is 25.0 Å². The standard InChI is InChI=1S/C18H12BrClFN3O4S/c1-8-11-7-14-16(15(21)17(11)28-22-8)23(13-5-2-9(19)6-12(13)20)18(25)24(14)29(26,27)10-3-4-10/h2,5-7,10H,3-4H2,1H3. The average molecular weight is 501 g/mol. The lowest BCUT2D eigenvalue weighted by atomic mass is 10.2. The molecule has 0 radical (unpaired) electrons. The normalized spacial score (nSPS) is 14.9. The van der Waals surface area contributed by atoms with E-state index in [2.05, 4.69) is 21.1 Å². The molecule has 1 aliphatic rings. The summed E-state index contributed by atoms with van der Waals surface area (Å²) in [6.07, 6.45) is 0.912. The van der Waals surface area contributed by atoms with Crippen LogP contribution in [0.1, 0.15) is 18.5 Å². The summed E-state index contributed by atoms with van der Waals surface area (Å²) in [5, 5.41) is 3.54. The van der Waals surface area contributed by atoms with E-state index in [1.54, 1.807) is 13.0 Å². The fraction of sp³-hybridized carbons (Fsp3) is 0.222. The molecule has 0 saturated heterocycles. The Kier molecular flexibility index (Phi) is 4.00. The Bertz CT molecular complexity index is 1500. The van der Waals surface area contributed by atoms with Gasteiger partial charge in [0.05, 0.1) is 27.2 Å². The third-order valence-corrected chi connectivity index (χ3v) is 7.97. The molecule has 0 unspecified atom stereocenters. The number of halogens is 3. The van der Waals surface area contributed by atoms with Crippen LogP contribution in [0.4, 0.5) is 4.39 Å². The van der Waals surface area contributed by atoms with E-state index >= 15 is 4.39 Å². The summed E-state index contributed by atoms with van der Waals surface area (Å²) in [4.78, 5) is 13.3. The third kappa shape index (κ3) is 2.62. The van der Waals surface area contributed by atoms with Crippen molar-refractivity contribution in [3.8, 4) is 5.69 Å². The first kappa shape index (κ1) is 18.8. The van der Waals surface area contributed by atoms with Gasteiger partial charge < -0.3 is 4.52 Å². The minimum Gasteiger partial charge on any atom is -0.353 e. The average Bonchev–Trinajstić information content (AvgIpc) is 3.39. The SMILES string of the molecule is Cc1noc2c(F)c3c(cc12)n(S(=O)(=O)C1CC1)c(=O)n3-c1ccc(Br)cc1Cl. The van der Waals surface area contributed by atoms with Crippen LogP contribution in [-0.4, -0.2) is 27.4 Å². The number of imidazole rings is 1. The van der Waals surface area contributed by atoms with E-state index in [4.69, 9.17) is 16.1 Å². The molecule has 150 valence electrons. The molecule has 2 heterocycles. The zero-order chi connectivity index (χ0) is 20.7. The van der Waals surface area contributed by atoms with Crippen molar-refractivity contribution in [1.29, 1.82) is 0 Å². The van der Waals surface area contributed by atoms with Gasteiger partial charge >= 0.3 is 5.69 Å². The molecular formula is C18H12BrClFN3O4S. The zero-order valence-corrected chi connectivity index (χ0v) is 18.0. The van der Waals surface area contributed by atoms with Gasteiger partial charge in [0.2, 0.25) is 15.6 Å². The Balaban J connectivity index is 2.01. The smallest absolute Gasteiger partial charge is 0.347 e. The van der Waals surface area contributed by atoms with Gasteiger partial charge in [0.25, 0.3) is 0 Å². The molecule has 7 nitrogen and oxygen atoms in total. The van der Waals surface area contributed by atoms with Crippen LogP contribution in [0, 0.1) is 12.7 Å². The van der Waals surface area contributed by atoms with Crippen molar-refractivity contribution in [3.63, 3.8) is 0 Å². The third-order valence-electron chi connectivity index (χ3n) is 5.00. The first-order valence-electron chi connectivity index (χ1n) is 8.63. The van der Waals surface area contributed by atoms with Crippen LogP contribution in [0.2, 0.25) is 5.02 Å². The van der Waals surface area contributed by atoms with E-state index in [9.17, 15) is 13.2 Å². The lowest BCUT2D eigenvalue weighted by Gasteiger charge is -2.07. The Hall–Kier alpha value is -2.17. The van der Waals surface area contributed by atoms with Crippen LogP contribution in [0.3, 0.4) is 0 Å². The topological polar surface area (TPSA) is 87.1 Å². The van der Waals surface area contributed by atoms with Crippen LogP contribution in [-0.2, 0) is 10.0 Å². The number of nitrogens with zero attached hydrogens (tertiary/aromatic N) is 3. The number of benzene rings is 2. The number of hydrogen-bond donors (Lipinski definition) is 0. The van der Waals surface area contributed by atoms with E-state index in [-0.39, 0.29) is 27.3 Å². The van der Waals surface area contributed by atoms with Gasteiger partial charge in [-0.05, 0) is 44.0 Å². The predicted molar refractivity (Wildman–Crippen MR) is 110 cm³/mol. The van der Waals surface area contributed by atoms with Crippen LogP contribution < -0.4 is 5.69 Å². The summed E-state index contributed by atoms with van der Waals surface area (Å²) >= 11 is 9.58. The number of aryl methyl sites for hydroxylation is 1. The highest BCUT2D eigenvalue weighted by Gasteiger charge is 2.40. The second-order valence-corrected chi connectivity index (χ2v) is 10.3. The maximum absolute atomic E-state index is 15.5. The summed E-state index contributed by atoms with van der Waals surface area (Å²) in [6, 6.07) is 6.10. The minimum atomic E-state index is -4.00. The van der Waals surface area contributed by atoms with Gasteiger partial charge in [-0.2, -0.15) is 3.97 Å². The highest BCUT2D eigenvalue weighted by atomic mass is 79.9. The molecule has 29 heavy (non-hydrogen) atoms. The summed E-state index contributed by atoms with van der Waals surface area (Å²) in [7, 11) is -4.00. The molecule has 0 amide bonds. The molecule has 2 aromatic carbocycles. The molecule has 0 atom stereocenters. The second-order valence-electron chi connectivity index (χ2n) is 6.93. The van der Waals surface area contributed by atoms with Gasteiger partial charge in [-0.15, -0.1) is 0 Å². The molecule has 4 aromatic rings. The maximum Gasteiger partial charge on any atom is 0.347 e. The van der Waals surface area contributed by atoms with Crippen molar-refractivity contribution < 1.29 is 17.3 Å². The highest BCUT2D eigenvalue weighted by Crippen LogP contribution is 2.36. The molecule has 5 rings (SSSR count). The number of aromatic nitrogens is 3. The van der Waals surface area contributed by atoms with Gasteiger partial charge in [0.1, 0.15) is 5.52 Å². The van der Waals surface area contributed by atoms with E-state index in [1.807, 2.05) is 0 Å². The second kappa shape index (κ2) is 6.16. The summed E-state index contributed by atoms with van der Waals surface area (Å²) < 4.78 is 48.9.